The van der Waals surface area contributed by atoms with E-state index in [1.807, 2.05) is 6.07 Å². The van der Waals surface area contributed by atoms with E-state index in [4.69, 9.17) is 25.8 Å². The molecule has 0 aromatic heterocycles. The van der Waals surface area contributed by atoms with Crippen molar-refractivity contribution in [3.63, 3.8) is 0 Å². The van der Waals surface area contributed by atoms with Crippen LogP contribution in [0.2, 0.25) is 5.02 Å². The summed E-state index contributed by atoms with van der Waals surface area (Å²) in [6, 6.07) is 10.6. The maximum absolute atomic E-state index is 13.2. The quantitative estimate of drug-likeness (QED) is 0.463. The van der Waals surface area contributed by atoms with Crippen molar-refractivity contribution in [1.29, 1.82) is 0 Å². The second-order valence-corrected chi connectivity index (χ2v) is 7.69. The molecule has 10 heteroatoms. The number of rotatable bonds is 9. The second-order valence-electron chi connectivity index (χ2n) is 7.28. The number of urea groups is 1. The second kappa shape index (κ2) is 11.4. The summed E-state index contributed by atoms with van der Waals surface area (Å²) in [5.74, 6) is -1.27. The molecule has 1 aliphatic rings. The highest BCUT2D eigenvalue weighted by molar-refractivity contribution is 6.31. The molecule has 2 atom stereocenters. The molecular formula is C24H26ClN3O6. The Balaban J connectivity index is 1.93. The van der Waals surface area contributed by atoms with Crippen LogP contribution in [0.4, 0.5) is 10.5 Å². The maximum Gasteiger partial charge on any atom is 0.344 e. The molecule has 0 bridgehead atoms. The first kappa shape index (κ1) is 24.9. The summed E-state index contributed by atoms with van der Waals surface area (Å²) < 4.78 is 16.1. The number of halogens is 1. The molecule has 3 amide bonds. The van der Waals surface area contributed by atoms with E-state index in [0.29, 0.717) is 23.6 Å². The topological polar surface area (TPSA) is 115 Å². The van der Waals surface area contributed by atoms with Crippen molar-refractivity contribution in [3.8, 4) is 11.5 Å². The van der Waals surface area contributed by atoms with Gasteiger partial charge in [0, 0.05) is 22.5 Å². The van der Waals surface area contributed by atoms with Gasteiger partial charge in [0.1, 0.15) is 5.92 Å². The molecule has 2 aromatic rings. The Bertz CT molecular complexity index is 1080. The minimum Gasteiger partial charge on any atom is -0.490 e. The number of ether oxygens (including phenoxy) is 3. The molecule has 9 nitrogen and oxygen atoms in total. The number of hydrogen-bond donors (Lipinski definition) is 3. The van der Waals surface area contributed by atoms with E-state index in [1.54, 1.807) is 44.2 Å². The van der Waals surface area contributed by atoms with Gasteiger partial charge < -0.3 is 30.2 Å². The summed E-state index contributed by atoms with van der Waals surface area (Å²) >= 11 is 6.55. The molecule has 180 valence electrons. The van der Waals surface area contributed by atoms with Gasteiger partial charge in [0.05, 0.1) is 19.3 Å². The number of para-hydroxylation sites is 1. The van der Waals surface area contributed by atoms with Crippen molar-refractivity contribution in [2.24, 2.45) is 5.92 Å². The van der Waals surface area contributed by atoms with Crippen LogP contribution in [-0.4, -0.2) is 37.7 Å². The SMILES string of the molecule is C=C1NC(=O)N[C@@H](c2cc(OCC)c(OCC(=O)OCC)cc2Cl)[C@@H]1C(=O)Nc1ccccc1. The Hall–Kier alpha value is -3.72. The lowest BCUT2D eigenvalue weighted by atomic mass is 9.88. The molecule has 1 heterocycles. The van der Waals surface area contributed by atoms with Crippen LogP contribution in [0.3, 0.4) is 0 Å². The Morgan fingerprint density at radius 1 is 1.09 bits per heavy atom. The van der Waals surface area contributed by atoms with Crippen LogP contribution < -0.4 is 25.4 Å². The molecule has 3 N–H and O–H groups in total. The fraction of sp³-hybridized carbons (Fsp3) is 0.292. The van der Waals surface area contributed by atoms with Crippen molar-refractivity contribution in [2.75, 3.05) is 25.1 Å². The Morgan fingerprint density at radius 3 is 2.47 bits per heavy atom. The van der Waals surface area contributed by atoms with Crippen LogP contribution >= 0.6 is 11.6 Å². The van der Waals surface area contributed by atoms with Crippen molar-refractivity contribution in [2.45, 2.75) is 19.9 Å². The highest BCUT2D eigenvalue weighted by atomic mass is 35.5. The van der Waals surface area contributed by atoms with Gasteiger partial charge in [0.15, 0.2) is 18.1 Å². The smallest absolute Gasteiger partial charge is 0.344 e. The van der Waals surface area contributed by atoms with Gasteiger partial charge in [-0.1, -0.05) is 36.4 Å². The molecule has 34 heavy (non-hydrogen) atoms. The molecule has 3 rings (SSSR count). The monoisotopic (exact) mass is 487 g/mol. The predicted octanol–water partition coefficient (Wildman–Crippen LogP) is 3.80. The first-order valence-corrected chi connectivity index (χ1v) is 11.1. The number of hydrogen-bond acceptors (Lipinski definition) is 6. The largest absolute Gasteiger partial charge is 0.490 e. The van der Waals surface area contributed by atoms with E-state index in [-0.39, 0.29) is 35.6 Å². The van der Waals surface area contributed by atoms with Gasteiger partial charge in [-0.05, 0) is 37.6 Å². The average molecular weight is 488 g/mol. The van der Waals surface area contributed by atoms with Crippen molar-refractivity contribution >= 4 is 35.2 Å². The molecule has 0 spiro atoms. The molecule has 0 radical (unpaired) electrons. The average Bonchev–Trinajstić information content (AvgIpc) is 2.79. The minimum atomic E-state index is -0.879. The number of benzene rings is 2. The summed E-state index contributed by atoms with van der Waals surface area (Å²) in [4.78, 5) is 37.1. The zero-order chi connectivity index (χ0) is 24.7. The predicted molar refractivity (Wildman–Crippen MR) is 127 cm³/mol. The zero-order valence-corrected chi connectivity index (χ0v) is 19.6. The van der Waals surface area contributed by atoms with Crippen molar-refractivity contribution in [1.82, 2.24) is 10.6 Å². The molecule has 1 fully saturated rings. The van der Waals surface area contributed by atoms with E-state index in [2.05, 4.69) is 22.5 Å². The minimum absolute atomic E-state index is 0.208. The molecular weight excluding hydrogens is 462 g/mol. The first-order valence-electron chi connectivity index (χ1n) is 10.7. The Kier molecular flexibility index (Phi) is 8.37. The summed E-state index contributed by atoms with van der Waals surface area (Å²) in [5, 5.41) is 8.34. The molecule has 1 aliphatic heterocycles. The number of esters is 1. The van der Waals surface area contributed by atoms with Gasteiger partial charge in [0.25, 0.3) is 0 Å². The Morgan fingerprint density at radius 2 is 1.79 bits per heavy atom. The summed E-state index contributed by atoms with van der Waals surface area (Å²) in [6.45, 7) is 7.56. The maximum atomic E-state index is 13.2. The van der Waals surface area contributed by atoms with E-state index in [0.717, 1.165) is 0 Å². The lowest BCUT2D eigenvalue weighted by Gasteiger charge is -2.34. The molecule has 1 saturated heterocycles. The molecule has 2 aromatic carbocycles. The van der Waals surface area contributed by atoms with E-state index in [9.17, 15) is 14.4 Å². The van der Waals surface area contributed by atoms with E-state index >= 15 is 0 Å². The summed E-state index contributed by atoms with van der Waals surface area (Å²) in [6.07, 6.45) is 0. The number of nitrogens with one attached hydrogen (secondary N) is 3. The molecule has 0 unspecified atom stereocenters. The number of carbonyl (C=O) groups is 3. The van der Waals surface area contributed by atoms with Crippen LogP contribution in [-0.2, 0) is 14.3 Å². The lowest BCUT2D eigenvalue weighted by molar-refractivity contribution is -0.145. The Labute approximate surface area is 202 Å². The van der Waals surface area contributed by atoms with Crippen molar-refractivity contribution < 1.29 is 28.6 Å². The number of amides is 3. The highest BCUT2D eigenvalue weighted by Gasteiger charge is 2.39. The van der Waals surface area contributed by atoms with Gasteiger partial charge in [-0.15, -0.1) is 0 Å². The van der Waals surface area contributed by atoms with Gasteiger partial charge in [-0.2, -0.15) is 0 Å². The highest BCUT2D eigenvalue weighted by Crippen LogP contribution is 2.40. The number of anilines is 1. The fourth-order valence-corrected chi connectivity index (χ4v) is 3.77. The first-order chi connectivity index (χ1) is 16.3. The van der Waals surface area contributed by atoms with Crippen LogP contribution in [0.25, 0.3) is 0 Å². The van der Waals surface area contributed by atoms with Crippen LogP contribution in [0, 0.1) is 5.92 Å². The molecule has 0 saturated carbocycles. The number of carbonyl (C=O) groups excluding carboxylic acids is 3. The van der Waals surface area contributed by atoms with Crippen LogP contribution in [0.5, 0.6) is 11.5 Å². The van der Waals surface area contributed by atoms with Gasteiger partial charge in [-0.25, -0.2) is 9.59 Å². The normalized spacial score (nSPS) is 17.3. The third-order valence-corrected chi connectivity index (χ3v) is 5.27. The van der Waals surface area contributed by atoms with Crippen LogP contribution in [0.1, 0.15) is 25.5 Å². The zero-order valence-electron chi connectivity index (χ0n) is 18.9. The fourth-order valence-electron chi connectivity index (χ4n) is 3.50. The van der Waals surface area contributed by atoms with Gasteiger partial charge >= 0.3 is 12.0 Å². The van der Waals surface area contributed by atoms with E-state index < -0.39 is 24.0 Å². The van der Waals surface area contributed by atoms with Gasteiger partial charge in [0.2, 0.25) is 5.91 Å². The third-order valence-electron chi connectivity index (χ3n) is 4.94. The summed E-state index contributed by atoms with van der Waals surface area (Å²) in [5.41, 5.74) is 1.25. The summed E-state index contributed by atoms with van der Waals surface area (Å²) in [7, 11) is 0. The standard InChI is InChI=1S/C24H26ClN3O6/c1-4-32-18-11-16(17(25)12-19(18)34-13-20(29)33-5-2)22-21(14(3)26-24(31)28-22)23(30)27-15-9-7-6-8-10-15/h6-12,21-22H,3-5,13H2,1-2H3,(H,27,30)(H2,26,28,31)/t21-,22+/m1/s1. The lowest BCUT2D eigenvalue weighted by Crippen LogP contribution is -2.51. The van der Waals surface area contributed by atoms with Gasteiger partial charge in [-0.3, -0.25) is 4.79 Å². The third kappa shape index (κ3) is 5.99. The molecule has 0 aliphatic carbocycles. The van der Waals surface area contributed by atoms with E-state index in [1.165, 1.54) is 6.07 Å². The van der Waals surface area contributed by atoms with Crippen molar-refractivity contribution in [3.05, 3.63) is 65.3 Å². The van der Waals surface area contributed by atoms with Crippen LogP contribution in [0.15, 0.2) is 54.7 Å².